The molecule has 0 aliphatic heterocycles. The minimum absolute atomic E-state index is 0.0718. The lowest BCUT2D eigenvalue weighted by atomic mass is 9.95. The largest absolute Gasteiger partial charge is 0.468 e. The first-order valence-corrected chi connectivity index (χ1v) is 11.0. The summed E-state index contributed by atoms with van der Waals surface area (Å²) in [5, 5.41) is 0. The van der Waals surface area contributed by atoms with Gasteiger partial charge in [-0.15, -0.1) is 0 Å². The summed E-state index contributed by atoms with van der Waals surface area (Å²) in [5.41, 5.74) is 0.924. The third kappa shape index (κ3) is 7.24. The third-order valence-corrected chi connectivity index (χ3v) is 6.07. The van der Waals surface area contributed by atoms with E-state index in [1.54, 1.807) is 12.1 Å². The molecule has 28 heavy (non-hydrogen) atoms. The van der Waals surface area contributed by atoms with Gasteiger partial charge in [0.05, 0.1) is 19.1 Å². The van der Waals surface area contributed by atoms with Crippen LogP contribution in [0.2, 0.25) is 0 Å². The zero-order chi connectivity index (χ0) is 21.2. The van der Waals surface area contributed by atoms with Crippen LogP contribution in [0.4, 0.5) is 0 Å². The Morgan fingerprint density at radius 1 is 0.964 bits per heavy atom. The molecule has 1 unspecified atom stereocenters. The van der Waals surface area contributed by atoms with Crippen LogP contribution in [0.1, 0.15) is 51.0 Å². The molecule has 0 bridgehead atoms. The molecule has 0 aliphatic rings. The van der Waals surface area contributed by atoms with Crippen LogP contribution in [-0.4, -0.2) is 40.6 Å². The van der Waals surface area contributed by atoms with Gasteiger partial charge in [0.25, 0.3) is 0 Å². The molecule has 1 N–H and O–H groups in total. The molecule has 0 saturated carbocycles. The van der Waals surface area contributed by atoms with Crippen LogP contribution < -0.4 is 4.72 Å². The number of methoxy groups -OCH3 is 2. The lowest BCUT2D eigenvalue weighted by Crippen LogP contribution is -2.47. The molecule has 1 rings (SSSR count). The first-order chi connectivity index (χ1) is 13.3. The fraction of sp³-hybridized carbons (Fsp3) is 0.600. The minimum atomic E-state index is -3.92. The molecule has 8 heteroatoms. The Kier molecular flexibility index (Phi) is 10.2. The van der Waals surface area contributed by atoms with E-state index >= 15 is 0 Å². The number of hydrogen-bond acceptors (Lipinski definition) is 6. The Balaban J connectivity index is 3.08. The van der Waals surface area contributed by atoms with E-state index in [-0.39, 0.29) is 4.90 Å². The summed E-state index contributed by atoms with van der Waals surface area (Å²) in [6.45, 7) is 3.95. The van der Waals surface area contributed by atoms with Crippen LogP contribution in [-0.2, 0) is 29.1 Å². The Morgan fingerprint density at radius 2 is 1.50 bits per heavy atom. The SMILES string of the molecule is CCCCCCCC(NS(=O)(=O)c1ccc(C)cc1)C(C(=O)OC)C(=O)OC. The summed E-state index contributed by atoms with van der Waals surface area (Å²) >= 11 is 0. The lowest BCUT2D eigenvalue weighted by molar-refractivity contribution is -0.160. The van der Waals surface area contributed by atoms with Gasteiger partial charge in [-0.05, 0) is 25.5 Å². The molecule has 1 atom stereocenters. The van der Waals surface area contributed by atoms with Crippen molar-refractivity contribution >= 4 is 22.0 Å². The first kappa shape index (κ1) is 24.1. The topological polar surface area (TPSA) is 98.8 Å². The van der Waals surface area contributed by atoms with Crippen molar-refractivity contribution in [2.24, 2.45) is 5.92 Å². The van der Waals surface area contributed by atoms with E-state index < -0.39 is 33.9 Å². The molecule has 0 spiro atoms. The number of rotatable bonds is 12. The second kappa shape index (κ2) is 11.8. The molecule has 0 aromatic heterocycles. The predicted octanol–water partition coefficient (Wildman–Crippen LogP) is 2.96. The Labute approximate surface area is 167 Å². The van der Waals surface area contributed by atoms with E-state index in [9.17, 15) is 18.0 Å². The maximum Gasteiger partial charge on any atom is 0.321 e. The zero-order valence-corrected chi connectivity index (χ0v) is 17.9. The average Bonchev–Trinajstić information content (AvgIpc) is 2.67. The summed E-state index contributed by atoms with van der Waals surface area (Å²) in [4.78, 5) is 24.5. The number of ether oxygens (including phenoxy) is 2. The highest BCUT2D eigenvalue weighted by atomic mass is 32.2. The zero-order valence-electron chi connectivity index (χ0n) is 17.1. The molecular formula is C20H31NO6S. The number of hydrogen-bond donors (Lipinski definition) is 1. The van der Waals surface area contributed by atoms with Crippen molar-refractivity contribution in [1.29, 1.82) is 0 Å². The van der Waals surface area contributed by atoms with Crippen molar-refractivity contribution in [3.8, 4) is 0 Å². The first-order valence-electron chi connectivity index (χ1n) is 9.51. The van der Waals surface area contributed by atoms with Gasteiger partial charge in [0, 0.05) is 6.04 Å². The van der Waals surface area contributed by atoms with Crippen LogP contribution in [0.3, 0.4) is 0 Å². The fourth-order valence-electron chi connectivity index (χ4n) is 2.92. The van der Waals surface area contributed by atoms with Crippen molar-refractivity contribution in [3.05, 3.63) is 29.8 Å². The second-order valence-electron chi connectivity index (χ2n) is 6.77. The molecular weight excluding hydrogens is 382 g/mol. The van der Waals surface area contributed by atoms with Gasteiger partial charge >= 0.3 is 11.9 Å². The Bertz CT molecular complexity index is 714. The number of aryl methyl sites for hydroxylation is 1. The van der Waals surface area contributed by atoms with Gasteiger partial charge in [0.15, 0.2) is 5.92 Å². The van der Waals surface area contributed by atoms with Crippen molar-refractivity contribution in [3.63, 3.8) is 0 Å². The molecule has 0 heterocycles. The molecule has 0 radical (unpaired) electrons. The van der Waals surface area contributed by atoms with E-state index in [4.69, 9.17) is 9.47 Å². The molecule has 7 nitrogen and oxygen atoms in total. The maximum atomic E-state index is 12.8. The highest BCUT2D eigenvalue weighted by Gasteiger charge is 2.39. The normalized spacial score (nSPS) is 12.6. The Morgan fingerprint density at radius 3 is 2.00 bits per heavy atom. The number of benzene rings is 1. The summed E-state index contributed by atoms with van der Waals surface area (Å²) in [5.74, 6) is -3.00. The van der Waals surface area contributed by atoms with E-state index in [1.165, 1.54) is 12.1 Å². The van der Waals surface area contributed by atoms with Gasteiger partial charge in [-0.3, -0.25) is 9.59 Å². The van der Waals surface area contributed by atoms with Gasteiger partial charge < -0.3 is 9.47 Å². The number of sulfonamides is 1. The molecule has 0 amide bonds. The van der Waals surface area contributed by atoms with Gasteiger partial charge in [-0.2, -0.15) is 0 Å². The summed E-state index contributed by atoms with van der Waals surface area (Å²) in [6.07, 6.45) is 5.05. The number of carbonyl (C=O) groups is 2. The van der Waals surface area contributed by atoms with E-state index in [1.807, 2.05) is 6.92 Å². The van der Waals surface area contributed by atoms with Crippen LogP contribution in [0.5, 0.6) is 0 Å². The highest BCUT2D eigenvalue weighted by Crippen LogP contribution is 2.20. The number of carbonyl (C=O) groups excluding carboxylic acids is 2. The van der Waals surface area contributed by atoms with E-state index in [2.05, 4.69) is 11.6 Å². The molecule has 158 valence electrons. The van der Waals surface area contributed by atoms with Crippen molar-refractivity contribution in [2.45, 2.75) is 63.3 Å². The minimum Gasteiger partial charge on any atom is -0.468 e. The molecule has 0 aliphatic carbocycles. The van der Waals surface area contributed by atoms with Gasteiger partial charge in [0.2, 0.25) is 10.0 Å². The average molecular weight is 414 g/mol. The molecule has 1 aromatic rings. The van der Waals surface area contributed by atoms with E-state index in [0.29, 0.717) is 12.8 Å². The number of nitrogens with one attached hydrogen (secondary N) is 1. The highest BCUT2D eigenvalue weighted by molar-refractivity contribution is 7.89. The van der Waals surface area contributed by atoms with Gasteiger partial charge in [-0.1, -0.05) is 56.7 Å². The monoisotopic (exact) mass is 413 g/mol. The van der Waals surface area contributed by atoms with Crippen molar-refractivity contribution in [1.82, 2.24) is 4.72 Å². The fourth-order valence-corrected chi connectivity index (χ4v) is 4.21. The summed E-state index contributed by atoms with van der Waals surface area (Å²) < 4.78 is 37.6. The van der Waals surface area contributed by atoms with Crippen LogP contribution in [0.15, 0.2) is 29.2 Å². The molecule has 1 aromatic carbocycles. The number of unbranched alkanes of at least 4 members (excludes halogenated alkanes) is 4. The van der Waals surface area contributed by atoms with Gasteiger partial charge in [0.1, 0.15) is 0 Å². The van der Waals surface area contributed by atoms with Crippen molar-refractivity contribution < 1.29 is 27.5 Å². The number of esters is 2. The van der Waals surface area contributed by atoms with Gasteiger partial charge in [-0.25, -0.2) is 13.1 Å². The summed E-state index contributed by atoms with van der Waals surface area (Å²) in [6, 6.07) is 5.40. The predicted molar refractivity (Wildman–Crippen MR) is 106 cm³/mol. The molecule has 0 fully saturated rings. The smallest absolute Gasteiger partial charge is 0.321 e. The lowest BCUT2D eigenvalue weighted by Gasteiger charge is -2.24. The van der Waals surface area contributed by atoms with Crippen LogP contribution in [0, 0.1) is 12.8 Å². The Hall–Kier alpha value is -1.93. The quantitative estimate of drug-likeness (QED) is 0.321. The van der Waals surface area contributed by atoms with Crippen LogP contribution >= 0.6 is 0 Å². The third-order valence-electron chi connectivity index (χ3n) is 4.57. The van der Waals surface area contributed by atoms with Crippen molar-refractivity contribution in [2.75, 3.05) is 14.2 Å². The molecule has 0 saturated heterocycles. The maximum absolute atomic E-state index is 12.8. The van der Waals surface area contributed by atoms with E-state index in [0.717, 1.165) is 45.5 Å². The second-order valence-corrected chi connectivity index (χ2v) is 8.48. The van der Waals surface area contributed by atoms with Crippen LogP contribution in [0.25, 0.3) is 0 Å². The standard InChI is InChI=1S/C20H31NO6S/c1-5-6-7-8-9-10-17(18(19(22)26-3)20(23)27-4)21-28(24,25)16-13-11-15(2)12-14-16/h11-14,17-18,21H,5-10H2,1-4H3. The summed E-state index contributed by atoms with van der Waals surface area (Å²) in [7, 11) is -1.60.